The molecule has 14 nitrogen and oxygen atoms in total. The van der Waals surface area contributed by atoms with Crippen molar-refractivity contribution in [1.82, 2.24) is 4.90 Å². The van der Waals surface area contributed by atoms with Gasteiger partial charge in [0, 0.05) is 44.4 Å². The summed E-state index contributed by atoms with van der Waals surface area (Å²) in [7, 11) is 6.77. The number of esters is 1. The van der Waals surface area contributed by atoms with Crippen LogP contribution in [0.2, 0.25) is 0 Å². The summed E-state index contributed by atoms with van der Waals surface area (Å²) in [4.78, 5) is 30.1. The molecule has 3 fully saturated rings. The minimum atomic E-state index is -1.96. The summed E-state index contributed by atoms with van der Waals surface area (Å²) < 4.78 is 43.9. The van der Waals surface area contributed by atoms with Crippen molar-refractivity contribution >= 4 is 11.8 Å². The van der Waals surface area contributed by atoms with Crippen LogP contribution in [-0.4, -0.2) is 150 Å². The van der Waals surface area contributed by atoms with E-state index < -0.39 is 102 Å². The topological polar surface area (TPSA) is 183 Å². The van der Waals surface area contributed by atoms with Gasteiger partial charge in [-0.15, -0.1) is 0 Å². The molecule has 3 rings (SSSR count). The molecule has 0 aromatic carbocycles. The molecule has 0 radical (unpaired) electrons. The molecule has 0 bridgehead atoms. The molecule has 14 heteroatoms. The zero-order chi connectivity index (χ0) is 39.7. The molecule has 3 saturated heterocycles. The largest absolute Gasteiger partial charge is 0.459 e. The molecule has 3 heterocycles. The minimum Gasteiger partial charge on any atom is -0.459 e. The number of ether oxygens (including phenoxy) is 7. The summed E-state index contributed by atoms with van der Waals surface area (Å²) in [5, 5.41) is 45.6. The maximum absolute atomic E-state index is 14.2. The lowest BCUT2D eigenvalue weighted by molar-refractivity contribution is -0.319. The second-order valence-corrected chi connectivity index (χ2v) is 16.6. The van der Waals surface area contributed by atoms with E-state index in [9.17, 15) is 30.0 Å². The van der Waals surface area contributed by atoms with Crippen molar-refractivity contribution in [2.24, 2.45) is 23.7 Å². The van der Waals surface area contributed by atoms with E-state index in [2.05, 4.69) is 0 Å². The average molecular weight is 748 g/mol. The molecule has 0 unspecified atom stereocenters. The number of carbonyl (C=O) groups is 2. The Labute approximate surface area is 310 Å². The fourth-order valence-electron chi connectivity index (χ4n) is 8.58. The van der Waals surface area contributed by atoms with Crippen molar-refractivity contribution in [1.29, 1.82) is 0 Å². The van der Waals surface area contributed by atoms with Crippen LogP contribution in [0.15, 0.2) is 0 Å². The molecule has 304 valence electrons. The smallest absolute Gasteiger partial charge is 0.311 e. The number of nitrogens with zero attached hydrogens (tertiary/aromatic N) is 1. The van der Waals surface area contributed by atoms with Crippen LogP contribution in [0, 0.1) is 23.7 Å². The van der Waals surface area contributed by atoms with Crippen molar-refractivity contribution in [2.45, 2.75) is 179 Å². The molecular formula is C38H69NO13. The van der Waals surface area contributed by atoms with E-state index in [0.717, 1.165) is 0 Å². The molecule has 0 aromatic heterocycles. The van der Waals surface area contributed by atoms with Crippen LogP contribution in [0.4, 0.5) is 0 Å². The first-order valence-electron chi connectivity index (χ1n) is 18.9. The van der Waals surface area contributed by atoms with E-state index in [1.807, 2.05) is 32.8 Å². The van der Waals surface area contributed by atoms with Gasteiger partial charge in [-0.05, 0) is 74.9 Å². The van der Waals surface area contributed by atoms with Crippen LogP contribution in [0.3, 0.4) is 0 Å². The van der Waals surface area contributed by atoms with Crippen LogP contribution >= 0.6 is 0 Å². The number of Topliss-reactive ketones (excluding diaryl/α,β-unsaturated/α-hetero) is 1. The van der Waals surface area contributed by atoms with Crippen LogP contribution in [0.1, 0.15) is 94.9 Å². The van der Waals surface area contributed by atoms with Gasteiger partial charge in [-0.3, -0.25) is 9.59 Å². The van der Waals surface area contributed by atoms with Crippen LogP contribution in [-0.2, 0) is 42.7 Å². The zero-order valence-corrected chi connectivity index (χ0v) is 33.9. The predicted molar refractivity (Wildman–Crippen MR) is 191 cm³/mol. The number of hydrogen-bond acceptors (Lipinski definition) is 14. The Morgan fingerprint density at radius 2 is 1.44 bits per heavy atom. The van der Waals surface area contributed by atoms with Crippen LogP contribution < -0.4 is 0 Å². The number of aliphatic hydroxyl groups excluding tert-OH is 3. The molecular weight excluding hydrogens is 678 g/mol. The third kappa shape index (κ3) is 9.38. The molecule has 4 N–H and O–H groups in total. The number of methoxy groups -OCH3 is 2. The van der Waals surface area contributed by atoms with Gasteiger partial charge in [0.15, 0.2) is 12.6 Å². The number of carbonyl (C=O) groups excluding carboxylic acids is 2. The fourth-order valence-corrected chi connectivity index (χ4v) is 8.58. The number of hydrogen-bond donors (Lipinski definition) is 4. The highest BCUT2D eigenvalue weighted by Gasteiger charge is 2.54. The molecule has 0 aromatic rings. The number of aliphatic hydroxyl groups is 4. The number of ketones is 1. The van der Waals surface area contributed by atoms with Gasteiger partial charge in [-0.1, -0.05) is 27.7 Å². The quantitative estimate of drug-likeness (QED) is 0.266. The Morgan fingerprint density at radius 3 is 1.98 bits per heavy atom. The first kappa shape index (κ1) is 45.1. The zero-order valence-electron chi connectivity index (χ0n) is 33.9. The Kier molecular flexibility index (Phi) is 15.3. The van der Waals surface area contributed by atoms with E-state index in [1.54, 1.807) is 48.5 Å². The number of rotatable bonds is 8. The van der Waals surface area contributed by atoms with Crippen molar-refractivity contribution in [3.05, 3.63) is 0 Å². The summed E-state index contributed by atoms with van der Waals surface area (Å²) in [6.07, 6.45) is -8.73. The highest BCUT2D eigenvalue weighted by atomic mass is 16.7. The summed E-state index contributed by atoms with van der Waals surface area (Å²) in [6.45, 7) is 17.1. The molecule has 0 spiro atoms. The van der Waals surface area contributed by atoms with E-state index in [4.69, 9.17) is 33.2 Å². The summed E-state index contributed by atoms with van der Waals surface area (Å²) in [5.74, 6) is -4.47. The van der Waals surface area contributed by atoms with E-state index >= 15 is 0 Å². The lowest BCUT2D eigenvalue weighted by atomic mass is 9.74. The van der Waals surface area contributed by atoms with Gasteiger partial charge in [-0.25, -0.2) is 0 Å². The normalized spacial score (nSPS) is 49.0. The molecule has 18 atom stereocenters. The standard InChI is InChI=1S/C38H69NO13/c1-15-26-38(10,45)31(42)21(4)28(40)19(2)17-37(9,47-14)33(52-35-29(41)25(39(11)12)16-20(3)48-35)22(5)30(23(6)34(44)50-26)51-27-18-36(8,46-13)32(43)24(7)49-27/h19-27,29-33,35,41-43,45H,15-18H2,1-14H3/t19-,20-,21-,22+,23-,24+,25+,26+,27+,29-,30+,31-,32+,33-,35+,36-,37-,38-/m1/s1. The number of likely N-dealkylation sites (N-methyl/N-ethyl adjacent to an activating group) is 1. The molecule has 0 aliphatic carbocycles. The Balaban J connectivity index is 2.22. The van der Waals surface area contributed by atoms with Crippen molar-refractivity contribution < 1.29 is 63.2 Å². The second-order valence-electron chi connectivity index (χ2n) is 16.6. The van der Waals surface area contributed by atoms with Crippen LogP contribution in [0.5, 0.6) is 0 Å². The Bertz CT molecular complexity index is 1190. The molecule has 52 heavy (non-hydrogen) atoms. The van der Waals surface area contributed by atoms with Gasteiger partial charge in [0.25, 0.3) is 0 Å². The molecule has 3 aliphatic rings. The van der Waals surface area contributed by atoms with E-state index in [1.165, 1.54) is 21.1 Å². The monoisotopic (exact) mass is 747 g/mol. The van der Waals surface area contributed by atoms with Gasteiger partial charge in [0.1, 0.15) is 29.7 Å². The second kappa shape index (κ2) is 17.7. The first-order chi connectivity index (χ1) is 24.0. The maximum atomic E-state index is 14.2. The molecule has 3 aliphatic heterocycles. The van der Waals surface area contributed by atoms with Gasteiger partial charge < -0.3 is 58.5 Å². The SMILES string of the molecule is CC[C@@H]1OC(=O)[C@H](C)[C@@H](O[C@H]2C[C@@](C)(OC)[C@@H](O)[C@H](C)O2)[C@H](C)[C@@H](O[C@@H]2O[C@H](C)C[C@H](N(C)C)[C@H]2O)[C@](C)(OC)C[C@@H](C)C(=O)[C@@H](C)[C@@H](O)[C@]1(C)O. The van der Waals surface area contributed by atoms with Crippen molar-refractivity contribution in [3.8, 4) is 0 Å². The van der Waals surface area contributed by atoms with Crippen molar-refractivity contribution in [2.75, 3.05) is 28.3 Å². The lowest BCUT2D eigenvalue weighted by Gasteiger charge is -2.50. The average Bonchev–Trinajstić information content (AvgIpc) is 3.09. The first-order valence-corrected chi connectivity index (χ1v) is 18.9. The van der Waals surface area contributed by atoms with Crippen LogP contribution in [0.25, 0.3) is 0 Å². The minimum absolute atomic E-state index is 0.111. The maximum Gasteiger partial charge on any atom is 0.311 e. The predicted octanol–water partition coefficient (Wildman–Crippen LogP) is 2.44. The lowest BCUT2D eigenvalue weighted by Crippen LogP contribution is -2.61. The van der Waals surface area contributed by atoms with Gasteiger partial charge in [0.2, 0.25) is 0 Å². The molecule has 0 amide bonds. The van der Waals surface area contributed by atoms with Gasteiger partial charge in [0.05, 0.1) is 47.6 Å². The summed E-state index contributed by atoms with van der Waals surface area (Å²) in [5.41, 5.74) is -4.24. The van der Waals surface area contributed by atoms with E-state index in [-0.39, 0.29) is 37.2 Å². The highest BCUT2D eigenvalue weighted by Crippen LogP contribution is 2.41. The third-order valence-corrected chi connectivity index (χ3v) is 12.3. The summed E-state index contributed by atoms with van der Waals surface area (Å²) >= 11 is 0. The Morgan fingerprint density at radius 1 is 0.846 bits per heavy atom. The Hall–Kier alpha value is -1.30. The van der Waals surface area contributed by atoms with Gasteiger partial charge >= 0.3 is 5.97 Å². The molecule has 0 saturated carbocycles. The van der Waals surface area contributed by atoms with E-state index in [0.29, 0.717) is 6.42 Å². The summed E-state index contributed by atoms with van der Waals surface area (Å²) in [6, 6.07) is -0.283. The fraction of sp³-hybridized carbons (Fsp3) is 0.947. The number of cyclic esters (lactones) is 1. The van der Waals surface area contributed by atoms with Gasteiger partial charge in [-0.2, -0.15) is 0 Å². The highest BCUT2D eigenvalue weighted by molar-refractivity contribution is 5.83. The third-order valence-electron chi connectivity index (χ3n) is 12.3. The van der Waals surface area contributed by atoms with Crippen molar-refractivity contribution in [3.63, 3.8) is 0 Å².